The van der Waals surface area contributed by atoms with E-state index >= 15 is 0 Å². The van der Waals surface area contributed by atoms with Gasteiger partial charge in [-0.25, -0.2) is 0 Å². The van der Waals surface area contributed by atoms with E-state index in [9.17, 15) is 4.79 Å². The molecule has 1 fully saturated rings. The fourth-order valence-electron chi connectivity index (χ4n) is 2.10. The molecule has 2 rings (SSSR count). The number of carbonyl (C=O) groups excluding carboxylic acids is 1. The third-order valence-electron chi connectivity index (χ3n) is 3.28. The molecule has 5 heteroatoms. The van der Waals surface area contributed by atoms with Crippen molar-refractivity contribution in [3.8, 4) is 0 Å². The van der Waals surface area contributed by atoms with Gasteiger partial charge in [0.05, 0.1) is 4.91 Å². The van der Waals surface area contributed by atoms with Crippen molar-refractivity contribution < 1.29 is 4.79 Å². The van der Waals surface area contributed by atoms with Crippen LogP contribution in [0.25, 0.3) is 6.08 Å². The molecule has 0 saturated carbocycles. The molecule has 112 valence electrons. The SMILES string of the molecule is CCCCCCN1C(=O)/C(=C/c2ccc(Cl)cc2)SC1=S. The lowest BCUT2D eigenvalue weighted by Crippen LogP contribution is -2.28. The number of hydrogen-bond donors (Lipinski definition) is 0. The minimum absolute atomic E-state index is 0.0245. The van der Waals surface area contributed by atoms with Crippen molar-refractivity contribution in [3.63, 3.8) is 0 Å². The third-order valence-corrected chi connectivity index (χ3v) is 4.91. The van der Waals surface area contributed by atoms with Gasteiger partial charge in [0.15, 0.2) is 0 Å². The summed E-state index contributed by atoms with van der Waals surface area (Å²) in [6.45, 7) is 2.90. The van der Waals surface area contributed by atoms with Crippen LogP contribution in [0.15, 0.2) is 29.2 Å². The molecule has 1 aromatic rings. The second-order valence-corrected chi connectivity index (χ2v) is 7.06. The number of amides is 1. The van der Waals surface area contributed by atoms with E-state index in [0.29, 0.717) is 14.2 Å². The molecule has 1 amide bonds. The van der Waals surface area contributed by atoms with Gasteiger partial charge in [-0.15, -0.1) is 0 Å². The Morgan fingerprint density at radius 2 is 1.95 bits per heavy atom. The number of rotatable bonds is 6. The third kappa shape index (κ3) is 4.56. The summed E-state index contributed by atoms with van der Waals surface area (Å²) in [6, 6.07) is 7.43. The highest BCUT2D eigenvalue weighted by Gasteiger charge is 2.31. The van der Waals surface area contributed by atoms with Gasteiger partial charge in [0.25, 0.3) is 5.91 Å². The molecule has 2 nitrogen and oxygen atoms in total. The molecule has 1 aromatic carbocycles. The van der Waals surface area contributed by atoms with Gasteiger partial charge in [-0.2, -0.15) is 0 Å². The molecule has 21 heavy (non-hydrogen) atoms. The largest absolute Gasteiger partial charge is 0.293 e. The van der Waals surface area contributed by atoms with Crippen molar-refractivity contribution in [1.29, 1.82) is 0 Å². The van der Waals surface area contributed by atoms with Crippen LogP contribution in [0.5, 0.6) is 0 Å². The molecule has 0 unspecified atom stereocenters. The molecule has 0 bridgehead atoms. The van der Waals surface area contributed by atoms with Gasteiger partial charge in [0, 0.05) is 11.6 Å². The summed E-state index contributed by atoms with van der Waals surface area (Å²) in [6.07, 6.45) is 6.42. The number of thiocarbonyl (C=S) groups is 1. The van der Waals surface area contributed by atoms with Crippen LogP contribution in [0.3, 0.4) is 0 Å². The summed E-state index contributed by atoms with van der Waals surface area (Å²) in [5.41, 5.74) is 0.964. The lowest BCUT2D eigenvalue weighted by molar-refractivity contribution is -0.122. The Morgan fingerprint density at radius 3 is 2.62 bits per heavy atom. The van der Waals surface area contributed by atoms with Crippen molar-refractivity contribution >= 4 is 51.9 Å². The summed E-state index contributed by atoms with van der Waals surface area (Å²) in [4.78, 5) is 14.8. The van der Waals surface area contributed by atoms with Crippen LogP contribution >= 0.6 is 35.6 Å². The zero-order valence-corrected chi connectivity index (χ0v) is 14.4. The number of carbonyl (C=O) groups is 1. The molecule has 1 saturated heterocycles. The van der Waals surface area contributed by atoms with Crippen LogP contribution in [-0.2, 0) is 4.79 Å². The summed E-state index contributed by atoms with van der Waals surface area (Å²) < 4.78 is 0.664. The Kier molecular flexibility index (Phi) is 6.27. The lowest BCUT2D eigenvalue weighted by atomic mass is 10.2. The van der Waals surface area contributed by atoms with Gasteiger partial charge < -0.3 is 0 Å². The van der Waals surface area contributed by atoms with E-state index in [2.05, 4.69) is 6.92 Å². The van der Waals surface area contributed by atoms with E-state index in [4.69, 9.17) is 23.8 Å². The molecule has 0 aromatic heterocycles. The highest BCUT2D eigenvalue weighted by molar-refractivity contribution is 8.26. The maximum Gasteiger partial charge on any atom is 0.266 e. The van der Waals surface area contributed by atoms with Gasteiger partial charge in [-0.3, -0.25) is 9.69 Å². The first-order valence-corrected chi connectivity index (χ1v) is 8.73. The summed E-state index contributed by atoms with van der Waals surface area (Å²) in [5, 5.41) is 0.690. The maximum atomic E-state index is 12.4. The molecular formula is C16H18ClNOS2. The number of thioether (sulfide) groups is 1. The van der Waals surface area contributed by atoms with Gasteiger partial charge in [0.2, 0.25) is 0 Å². The van der Waals surface area contributed by atoms with Gasteiger partial charge in [-0.05, 0) is 30.2 Å². The Hall–Kier alpha value is -0.840. The monoisotopic (exact) mass is 339 g/mol. The van der Waals surface area contributed by atoms with Crippen molar-refractivity contribution in [3.05, 3.63) is 39.8 Å². The van der Waals surface area contributed by atoms with E-state index in [1.807, 2.05) is 30.3 Å². The first-order valence-electron chi connectivity index (χ1n) is 7.12. The fourth-order valence-corrected chi connectivity index (χ4v) is 3.53. The molecular weight excluding hydrogens is 322 g/mol. The number of benzene rings is 1. The van der Waals surface area contributed by atoms with Gasteiger partial charge >= 0.3 is 0 Å². The van der Waals surface area contributed by atoms with Crippen molar-refractivity contribution in [2.24, 2.45) is 0 Å². The molecule has 0 N–H and O–H groups in total. The van der Waals surface area contributed by atoms with E-state index in [1.165, 1.54) is 24.6 Å². The van der Waals surface area contributed by atoms with E-state index in [-0.39, 0.29) is 5.91 Å². The minimum Gasteiger partial charge on any atom is -0.293 e. The second kappa shape index (κ2) is 7.97. The molecule has 0 aliphatic carbocycles. The quantitative estimate of drug-likeness (QED) is 0.407. The van der Waals surface area contributed by atoms with E-state index in [1.54, 1.807) is 4.90 Å². The second-order valence-electron chi connectivity index (χ2n) is 4.95. The van der Waals surface area contributed by atoms with Crippen LogP contribution in [0, 0.1) is 0 Å². The summed E-state index contributed by atoms with van der Waals surface area (Å²) in [7, 11) is 0. The van der Waals surface area contributed by atoms with Crippen LogP contribution in [-0.4, -0.2) is 21.7 Å². The zero-order valence-electron chi connectivity index (χ0n) is 12.0. The van der Waals surface area contributed by atoms with Gasteiger partial charge in [-0.1, -0.05) is 73.9 Å². The molecule has 1 aliphatic heterocycles. The van der Waals surface area contributed by atoms with Crippen LogP contribution in [0.2, 0.25) is 5.02 Å². The standard InChI is InChI=1S/C16H18ClNOS2/c1-2-3-4-5-10-18-15(19)14(21-16(18)20)11-12-6-8-13(17)9-7-12/h6-9,11H,2-5,10H2,1H3/b14-11-. The van der Waals surface area contributed by atoms with Crippen LogP contribution < -0.4 is 0 Å². The number of nitrogens with zero attached hydrogens (tertiary/aromatic N) is 1. The average Bonchev–Trinajstić information content (AvgIpc) is 2.73. The zero-order chi connectivity index (χ0) is 15.2. The fraction of sp³-hybridized carbons (Fsp3) is 0.375. The van der Waals surface area contributed by atoms with Gasteiger partial charge in [0.1, 0.15) is 4.32 Å². The Morgan fingerprint density at radius 1 is 1.24 bits per heavy atom. The smallest absolute Gasteiger partial charge is 0.266 e. The minimum atomic E-state index is 0.0245. The predicted molar refractivity (Wildman–Crippen MR) is 95.5 cm³/mol. The van der Waals surface area contributed by atoms with Crippen LogP contribution in [0.1, 0.15) is 38.2 Å². The summed E-state index contributed by atoms with van der Waals surface area (Å²) in [5.74, 6) is 0.0245. The number of halogens is 1. The molecule has 0 radical (unpaired) electrons. The van der Waals surface area contributed by atoms with Crippen molar-refractivity contribution in [2.45, 2.75) is 32.6 Å². The Labute approximate surface area is 140 Å². The highest BCUT2D eigenvalue weighted by Crippen LogP contribution is 2.32. The molecule has 0 spiro atoms. The normalized spacial score (nSPS) is 17.0. The van der Waals surface area contributed by atoms with E-state index in [0.717, 1.165) is 24.9 Å². The molecule has 1 heterocycles. The lowest BCUT2D eigenvalue weighted by Gasteiger charge is -2.13. The number of hydrogen-bond acceptors (Lipinski definition) is 3. The Bertz CT molecular complexity index is 554. The van der Waals surface area contributed by atoms with Crippen molar-refractivity contribution in [2.75, 3.05) is 6.54 Å². The first-order chi connectivity index (χ1) is 10.1. The van der Waals surface area contributed by atoms with E-state index < -0.39 is 0 Å². The first kappa shape index (κ1) is 16.5. The highest BCUT2D eigenvalue weighted by atomic mass is 35.5. The van der Waals surface area contributed by atoms with Crippen LogP contribution in [0.4, 0.5) is 0 Å². The topological polar surface area (TPSA) is 20.3 Å². The van der Waals surface area contributed by atoms with Crippen molar-refractivity contribution in [1.82, 2.24) is 4.90 Å². The average molecular weight is 340 g/mol. The molecule has 0 atom stereocenters. The maximum absolute atomic E-state index is 12.4. The summed E-state index contributed by atoms with van der Waals surface area (Å²) >= 11 is 12.6. The Balaban J connectivity index is 2.01. The molecule has 1 aliphatic rings. The predicted octanol–water partition coefficient (Wildman–Crippen LogP) is 5.12. The number of unbranched alkanes of at least 4 members (excludes halogenated alkanes) is 3.